The zero-order chi connectivity index (χ0) is 18.9. The second-order valence-corrected chi connectivity index (χ2v) is 5.92. The molecule has 0 aromatic heterocycles. The third-order valence-electron chi connectivity index (χ3n) is 3.53. The Hall–Kier alpha value is -2.73. The zero-order valence-corrected chi connectivity index (χ0v) is 15.4. The fourth-order valence-electron chi connectivity index (χ4n) is 2.04. The van der Waals surface area contributed by atoms with Crippen molar-refractivity contribution in [3.63, 3.8) is 0 Å². The van der Waals surface area contributed by atoms with Gasteiger partial charge in [-0.25, -0.2) is 0 Å². The van der Waals surface area contributed by atoms with Crippen molar-refractivity contribution in [2.45, 2.75) is 26.4 Å². The third kappa shape index (κ3) is 5.97. The highest BCUT2D eigenvalue weighted by molar-refractivity contribution is 6.32. The number of nitrogens with one attached hydrogen (secondary N) is 2. The van der Waals surface area contributed by atoms with Crippen LogP contribution in [0.5, 0.6) is 11.5 Å². The van der Waals surface area contributed by atoms with Crippen LogP contribution in [0.2, 0.25) is 5.02 Å². The number of ether oxygens (including phenoxy) is 2. The van der Waals surface area contributed by atoms with Crippen molar-refractivity contribution >= 4 is 23.4 Å². The second kappa shape index (κ2) is 9.68. The first-order valence-electron chi connectivity index (χ1n) is 8.21. The largest absolute Gasteiger partial charge is 0.482 e. The Morgan fingerprint density at radius 1 is 1.08 bits per heavy atom. The van der Waals surface area contributed by atoms with Crippen molar-refractivity contribution in [2.24, 2.45) is 0 Å². The van der Waals surface area contributed by atoms with Gasteiger partial charge in [0.25, 0.3) is 11.8 Å². The second-order valence-electron chi connectivity index (χ2n) is 5.51. The van der Waals surface area contributed by atoms with Crippen LogP contribution in [0.3, 0.4) is 0 Å². The summed E-state index contributed by atoms with van der Waals surface area (Å²) in [5, 5.41) is 0.403. The molecule has 2 rings (SSSR count). The molecule has 0 aliphatic rings. The summed E-state index contributed by atoms with van der Waals surface area (Å²) in [6, 6.07) is 14.3. The van der Waals surface area contributed by atoms with E-state index in [2.05, 4.69) is 17.8 Å². The predicted octanol–water partition coefficient (Wildman–Crippen LogP) is 2.90. The van der Waals surface area contributed by atoms with Gasteiger partial charge in [-0.3, -0.25) is 20.4 Å². The van der Waals surface area contributed by atoms with Crippen LogP contribution in [0.1, 0.15) is 19.4 Å². The summed E-state index contributed by atoms with van der Waals surface area (Å²) >= 11 is 5.93. The summed E-state index contributed by atoms with van der Waals surface area (Å²) in [5.74, 6) is -0.0190. The number of carbonyl (C=O) groups excluding carboxylic acids is 2. The molecule has 7 heteroatoms. The van der Waals surface area contributed by atoms with Crippen molar-refractivity contribution in [3.05, 3.63) is 59.1 Å². The van der Waals surface area contributed by atoms with Gasteiger partial charge in [-0.2, -0.15) is 0 Å². The Morgan fingerprint density at radius 3 is 2.42 bits per heavy atom. The summed E-state index contributed by atoms with van der Waals surface area (Å²) in [7, 11) is 0. The summed E-state index contributed by atoms with van der Waals surface area (Å²) in [5.41, 5.74) is 5.75. The van der Waals surface area contributed by atoms with E-state index in [1.54, 1.807) is 43.3 Å². The predicted molar refractivity (Wildman–Crippen MR) is 99.1 cm³/mol. The highest BCUT2D eigenvalue weighted by Crippen LogP contribution is 2.22. The maximum absolute atomic E-state index is 12.0. The van der Waals surface area contributed by atoms with E-state index >= 15 is 0 Å². The number of para-hydroxylation sites is 1. The lowest BCUT2D eigenvalue weighted by atomic mass is 10.2. The highest BCUT2D eigenvalue weighted by atomic mass is 35.5. The monoisotopic (exact) mass is 376 g/mol. The number of hydrogen-bond acceptors (Lipinski definition) is 4. The number of rotatable bonds is 7. The van der Waals surface area contributed by atoms with E-state index in [4.69, 9.17) is 21.1 Å². The smallest absolute Gasteiger partial charge is 0.279 e. The molecule has 2 aromatic rings. The normalized spacial score (nSPS) is 11.3. The molecule has 2 N–H and O–H groups in total. The van der Waals surface area contributed by atoms with Gasteiger partial charge in [0.1, 0.15) is 11.5 Å². The van der Waals surface area contributed by atoms with Crippen LogP contribution in [-0.2, 0) is 16.0 Å². The van der Waals surface area contributed by atoms with Crippen molar-refractivity contribution in [1.82, 2.24) is 10.9 Å². The zero-order valence-electron chi connectivity index (χ0n) is 14.6. The molecule has 0 aliphatic carbocycles. The molecule has 1 unspecified atom stereocenters. The lowest BCUT2D eigenvalue weighted by molar-refractivity contribution is -0.133. The van der Waals surface area contributed by atoms with Crippen molar-refractivity contribution < 1.29 is 19.1 Å². The minimum absolute atomic E-state index is 0.280. The molecule has 0 radical (unpaired) electrons. The molecule has 26 heavy (non-hydrogen) atoms. The first kappa shape index (κ1) is 19.6. The molecule has 2 amide bonds. The van der Waals surface area contributed by atoms with Crippen LogP contribution in [0.4, 0.5) is 0 Å². The molecule has 1 atom stereocenters. The molecular weight excluding hydrogens is 356 g/mol. The van der Waals surface area contributed by atoms with Crippen LogP contribution in [0.15, 0.2) is 48.5 Å². The Bertz CT molecular complexity index is 749. The Balaban J connectivity index is 1.74. The Kier molecular flexibility index (Phi) is 7.29. The maximum atomic E-state index is 12.0. The fraction of sp³-hybridized carbons (Fsp3) is 0.263. The first-order valence-corrected chi connectivity index (χ1v) is 8.59. The van der Waals surface area contributed by atoms with E-state index < -0.39 is 17.9 Å². The van der Waals surface area contributed by atoms with Gasteiger partial charge >= 0.3 is 0 Å². The van der Waals surface area contributed by atoms with E-state index in [1.165, 1.54) is 5.56 Å². The van der Waals surface area contributed by atoms with Crippen molar-refractivity contribution in [3.8, 4) is 11.5 Å². The molecule has 0 fully saturated rings. The summed E-state index contributed by atoms with van der Waals surface area (Å²) < 4.78 is 10.8. The van der Waals surface area contributed by atoms with Gasteiger partial charge in [0.05, 0.1) is 5.02 Å². The number of halogens is 1. The van der Waals surface area contributed by atoms with E-state index in [-0.39, 0.29) is 6.61 Å². The van der Waals surface area contributed by atoms with Gasteiger partial charge in [-0.1, -0.05) is 42.8 Å². The van der Waals surface area contributed by atoms with Gasteiger partial charge in [-0.05, 0) is 43.2 Å². The lowest BCUT2D eigenvalue weighted by Crippen LogP contribution is -2.48. The van der Waals surface area contributed by atoms with E-state index in [1.807, 2.05) is 12.1 Å². The molecule has 0 bridgehead atoms. The maximum Gasteiger partial charge on any atom is 0.279 e. The fourth-order valence-corrected chi connectivity index (χ4v) is 2.23. The molecular formula is C19H21ClN2O4. The average molecular weight is 377 g/mol. The van der Waals surface area contributed by atoms with Crippen LogP contribution >= 0.6 is 11.6 Å². The molecule has 0 aliphatic heterocycles. The van der Waals surface area contributed by atoms with Gasteiger partial charge in [-0.15, -0.1) is 0 Å². The number of benzene rings is 2. The number of carbonyl (C=O) groups is 2. The summed E-state index contributed by atoms with van der Waals surface area (Å²) in [6.45, 7) is 3.37. The quantitative estimate of drug-likeness (QED) is 0.728. The molecule has 2 aromatic carbocycles. The Morgan fingerprint density at radius 2 is 1.77 bits per heavy atom. The molecule has 0 saturated heterocycles. The minimum atomic E-state index is -0.771. The highest BCUT2D eigenvalue weighted by Gasteiger charge is 2.15. The van der Waals surface area contributed by atoms with E-state index in [0.717, 1.165) is 6.42 Å². The molecule has 0 spiro atoms. The molecule has 6 nitrogen and oxygen atoms in total. The molecule has 138 valence electrons. The van der Waals surface area contributed by atoms with Gasteiger partial charge in [0.2, 0.25) is 0 Å². The standard InChI is InChI=1S/C19H21ClN2O4/c1-3-14-8-10-15(11-9-14)26-13(2)19(24)22-21-18(23)12-25-17-7-5-4-6-16(17)20/h4-11,13H,3,12H2,1-2H3,(H,21,23)(H,22,24). The average Bonchev–Trinajstić information content (AvgIpc) is 2.66. The van der Waals surface area contributed by atoms with Gasteiger partial charge < -0.3 is 9.47 Å². The number of amides is 2. The van der Waals surface area contributed by atoms with Crippen LogP contribution in [-0.4, -0.2) is 24.5 Å². The third-order valence-corrected chi connectivity index (χ3v) is 3.85. The van der Waals surface area contributed by atoms with Crippen LogP contribution < -0.4 is 20.3 Å². The van der Waals surface area contributed by atoms with E-state index in [0.29, 0.717) is 16.5 Å². The van der Waals surface area contributed by atoms with Crippen molar-refractivity contribution in [2.75, 3.05) is 6.61 Å². The van der Waals surface area contributed by atoms with Crippen molar-refractivity contribution in [1.29, 1.82) is 0 Å². The van der Waals surface area contributed by atoms with Crippen LogP contribution in [0, 0.1) is 0 Å². The summed E-state index contributed by atoms with van der Waals surface area (Å²) in [6.07, 6.45) is 0.158. The van der Waals surface area contributed by atoms with Crippen LogP contribution in [0.25, 0.3) is 0 Å². The number of hydrazine groups is 1. The van der Waals surface area contributed by atoms with E-state index in [9.17, 15) is 9.59 Å². The summed E-state index contributed by atoms with van der Waals surface area (Å²) in [4.78, 5) is 23.7. The number of hydrogen-bond donors (Lipinski definition) is 2. The lowest BCUT2D eigenvalue weighted by Gasteiger charge is -2.15. The Labute approximate surface area is 157 Å². The number of aryl methyl sites for hydroxylation is 1. The first-order chi connectivity index (χ1) is 12.5. The molecule has 0 saturated carbocycles. The van der Waals surface area contributed by atoms with Gasteiger partial charge in [0, 0.05) is 0 Å². The minimum Gasteiger partial charge on any atom is -0.482 e. The molecule has 0 heterocycles. The van der Waals surface area contributed by atoms with Gasteiger partial charge in [0.15, 0.2) is 12.7 Å². The SMILES string of the molecule is CCc1ccc(OC(C)C(=O)NNC(=O)COc2ccccc2Cl)cc1. The topological polar surface area (TPSA) is 76.7 Å².